The Hall–Kier alpha value is -3.53. The molecule has 0 spiro atoms. The predicted molar refractivity (Wildman–Crippen MR) is 105 cm³/mol. The molecule has 1 aliphatic heterocycles. The largest absolute Gasteiger partial charge is 0.454 e. The van der Waals surface area contributed by atoms with Crippen molar-refractivity contribution in [2.24, 2.45) is 0 Å². The van der Waals surface area contributed by atoms with Crippen molar-refractivity contribution in [2.75, 3.05) is 6.79 Å². The van der Waals surface area contributed by atoms with Gasteiger partial charge in [-0.1, -0.05) is 43.0 Å². The van der Waals surface area contributed by atoms with Crippen LogP contribution in [0.2, 0.25) is 0 Å². The molecule has 0 bridgehead atoms. The molecule has 26 heavy (non-hydrogen) atoms. The number of aromatic amines is 1. The van der Waals surface area contributed by atoms with Crippen LogP contribution >= 0.6 is 0 Å². The van der Waals surface area contributed by atoms with Crippen molar-refractivity contribution in [3.63, 3.8) is 0 Å². The van der Waals surface area contributed by atoms with Crippen LogP contribution < -0.4 is 14.9 Å². The average molecular weight is 343 g/mol. The molecule has 0 saturated heterocycles. The molecule has 1 aromatic heterocycles. The summed E-state index contributed by atoms with van der Waals surface area (Å²) >= 11 is 0. The molecule has 4 aromatic rings. The van der Waals surface area contributed by atoms with E-state index in [1.54, 1.807) is 18.3 Å². The van der Waals surface area contributed by atoms with Crippen molar-refractivity contribution < 1.29 is 10.9 Å². The Bertz CT molecular complexity index is 1260. The zero-order valence-corrected chi connectivity index (χ0v) is 13.9. The zero-order valence-electron chi connectivity index (χ0n) is 13.9. The Labute approximate surface area is 150 Å². The summed E-state index contributed by atoms with van der Waals surface area (Å²) in [5, 5.41) is 2.84. The lowest BCUT2D eigenvalue weighted by Gasteiger charge is -2.09. The summed E-state index contributed by atoms with van der Waals surface area (Å²) < 4.78 is 10.8. The highest BCUT2D eigenvalue weighted by molar-refractivity contribution is 5.91. The second-order valence-corrected chi connectivity index (χ2v) is 6.32. The van der Waals surface area contributed by atoms with E-state index in [1.165, 1.54) is 0 Å². The number of fused-ring (bicyclic) bond motifs is 3. The van der Waals surface area contributed by atoms with Gasteiger partial charge in [-0.25, -0.2) is 0 Å². The van der Waals surface area contributed by atoms with Crippen molar-refractivity contribution in [3.8, 4) is 11.5 Å². The maximum atomic E-state index is 13.0. The summed E-state index contributed by atoms with van der Waals surface area (Å²) in [6.07, 6.45) is 1.71. The van der Waals surface area contributed by atoms with Crippen LogP contribution in [0.25, 0.3) is 27.2 Å². The molecule has 1 aliphatic rings. The van der Waals surface area contributed by atoms with E-state index in [0.29, 0.717) is 33.5 Å². The van der Waals surface area contributed by atoms with Crippen molar-refractivity contribution >= 4 is 27.2 Å². The number of aromatic nitrogens is 1. The Morgan fingerprint density at radius 2 is 1.77 bits per heavy atom. The molecule has 0 amide bonds. The number of pyridine rings is 1. The molecule has 0 aliphatic carbocycles. The van der Waals surface area contributed by atoms with Gasteiger partial charge in [0.15, 0.2) is 16.9 Å². The van der Waals surface area contributed by atoms with Gasteiger partial charge < -0.3 is 14.5 Å². The summed E-state index contributed by atoms with van der Waals surface area (Å²) in [7, 11) is 0. The lowest BCUT2D eigenvalue weighted by Crippen LogP contribution is -2.09. The molecule has 5 rings (SSSR count). The van der Waals surface area contributed by atoms with E-state index in [0.717, 1.165) is 16.3 Å². The first-order valence-electron chi connectivity index (χ1n) is 8.34. The molecule has 4 heteroatoms. The summed E-state index contributed by atoms with van der Waals surface area (Å²) in [5.74, 6) is 1.24. The van der Waals surface area contributed by atoms with Crippen molar-refractivity contribution in [1.29, 1.82) is 0 Å². The van der Waals surface area contributed by atoms with Gasteiger partial charge in [0.05, 0.1) is 10.9 Å². The molecule has 0 fully saturated rings. The third-order valence-corrected chi connectivity index (χ3v) is 4.80. The Balaban J connectivity index is 0.00000180. The first-order valence-corrected chi connectivity index (χ1v) is 8.34. The van der Waals surface area contributed by atoms with Crippen LogP contribution in [0.1, 0.15) is 12.6 Å². The minimum atomic E-state index is -0.0739. The van der Waals surface area contributed by atoms with Crippen molar-refractivity contribution in [2.45, 2.75) is 0 Å². The van der Waals surface area contributed by atoms with E-state index in [-0.39, 0.29) is 13.6 Å². The lowest BCUT2D eigenvalue weighted by atomic mass is 9.97. The van der Waals surface area contributed by atoms with E-state index in [9.17, 15) is 4.79 Å². The first-order chi connectivity index (χ1) is 12.7. The van der Waals surface area contributed by atoms with Crippen LogP contribution in [0.15, 0.2) is 72.2 Å². The molecule has 0 unspecified atom stereocenters. The van der Waals surface area contributed by atoms with Crippen molar-refractivity contribution in [3.05, 3.63) is 88.7 Å². The Morgan fingerprint density at radius 3 is 2.62 bits per heavy atom. The van der Waals surface area contributed by atoms with Crippen LogP contribution in [0, 0.1) is 0 Å². The van der Waals surface area contributed by atoms with E-state index >= 15 is 0 Å². The SMILES string of the molecule is C=C(c1ccc2ccccc2c1)c1c[nH]c2cc3c(cc2c1=O)OCO3.[HH]. The summed E-state index contributed by atoms with van der Waals surface area (Å²) in [5.41, 5.74) is 2.81. The van der Waals surface area contributed by atoms with Gasteiger partial charge in [-0.2, -0.15) is 0 Å². The standard InChI is InChI=1S/C22H15NO3.H2/c1-13(15-7-6-14-4-2-3-5-16(14)8-15)18-11-23-19-10-21-20(25-12-26-21)9-17(19)22(18)24;/h2-11H,1,12H2,(H,23,24);1H. The molecule has 0 radical (unpaired) electrons. The highest BCUT2D eigenvalue weighted by atomic mass is 16.7. The molecule has 4 nitrogen and oxygen atoms in total. The van der Waals surface area contributed by atoms with Gasteiger partial charge in [0, 0.05) is 19.3 Å². The lowest BCUT2D eigenvalue weighted by molar-refractivity contribution is 0.174. The minimum Gasteiger partial charge on any atom is -0.454 e. The molecule has 0 atom stereocenters. The van der Waals surface area contributed by atoms with E-state index in [2.05, 4.69) is 29.8 Å². The van der Waals surface area contributed by atoms with Crippen LogP contribution in [-0.2, 0) is 0 Å². The molecule has 128 valence electrons. The fraction of sp³-hybridized carbons (Fsp3) is 0.0455. The predicted octanol–water partition coefficient (Wildman–Crippen LogP) is 4.72. The molecular weight excluding hydrogens is 326 g/mol. The van der Waals surface area contributed by atoms with Gasteiger partial charge >= 0.3 is 0 Å². The average Bonchev–Trinajstić information content (AvgIpc) is 3.13. The monoisotopic (exact) mass is 343 g/mol. The van der Waals surface area contributed by atoms with Crippen LogP contribution in [0.3, 0.4) is 0 Å². The quantitative estimate of drug-likeness (QED) is 0.573. The number of rotatable bonds is 2. The molecule has 0 saturated carbocycles. The molecule has 1 N–H and O–H groups in total. The summed E-state index contributed by atoms with van der Waals surface area (Å²) in [6.45, 7) is 4.34. The Kier molecular flexibility index (Phi) is 3.12. The van der Waals surface area contributed by atoms with E-state index < -0.39 is 0 Å². The molecular formula is C22H17NO3. The second-order valence-electron chi connectivity index (χ2n) is 6.32. The van der Waals surface area contributed by atoms with Gasteiger partial charge in [-0.05, 0) is 34.0 Å². The van der Waals surface area contributed by atoms with Gasteiger partial charge in [0.25, 0.3) is 0 Å². The van der Waals surface area contributed by atoms with Gasteiger partial charge in [0.1, 0.15) is 0 Å². The maximum Gasteiger partial charge on any atom is 0.231 e. The van der Waals surface area contributed by atoms with Gasteiger partial charge in [-0.3, -0.25) is 4.79 Å². The third kappa shape index (κ3) is 2.19. The van der Waals surface area contributed by atoms with Crippen LogP contribution in [0.4, 0.5) is 0 Å². The van der Waals surface area contributed by atoms with Gasteiger partial charge in [0.2, 0.25) is 6.79 Å². The first kappa shape index (κ1) is 14.8. The fourth-order valence-corrected chi connectivity index (χ4v) is 3.37. The third-order valence-electron chi connectivity index (χ3n) is 4.80. The fourth-order valence-electron chi connectivity index (χ4n) is 3.37. The van der Waals surface area contributed by atoms with Crippen LogP contribution in [-0.4, -0.2) is 11.8 Å². The zero-order chi connectivity index (χ0) is 17.7. The second kappa shape index (κ2) is 5.49. The Morgan fingerprint density at radius 1 is 1.00 bits per heavy atom. The van der Waals surface area contributed by atoms with E-state index in [4.69, 9.17) is 9.47 Å². The minimum absolute atomic E-state index is 0. The normalized spacial score (nSPS) is 12.6. The van der Waals surface area contributed by atoms with Crippen molar-refractivity contribution in [1.82, 2.24) is 4.98 Å². The number of hydrogen-bond acceptors (Lipinski definition) is 3. The number of hydrogen-bond donors (Lipinski definition) is 1. The van der Waals surface area contributed by atoms with Crippen LogP contribution in [0.5, 0.6) is 11.5 Å². The number of benzene rings is 3. The number of ether oxygens (including phenoxy) is 2. The van der Waals surface area contributed by atoms with E-state index in [1.807, 2.05) is 24.3 Å². The summed E-state index contributed by atoms with van der Waals surface area (Å²) in [4.78, 5) is 16.2. The smallest absolute Gasteiger partial charge is 0.231 e. The maximum absolute atomic E-state index is 13.0. The highest BCUT2D eigenvalue weighted by Crippen LogP contribution is 2.35. The highest BCUT2D eigenvalue weighted by Gasteiger charge is 2.17. The number of nitrogens with one attached hydrogen (secondary N) is 1. The number of H-pyrrole nitrogens is 1. The van der Waals surface area contributed by atoms with Gasteiger partial charge in [-0.15, -0.1) is 0 Å². The topological polar surface area (TPSA) is 51.3 Å². The molecule has 3 aromatic carbocycles. The summed E-state index contributed by atoms with van der Waals surface area (Å²) in [6, 6.07) is 17.7. The molecule has 2 heterocycles.